The Bertz CT molecular complexity index is 1240. The minimum Gasteiger partial charge on any atom is -0.497 e. The van der Waals surface area contributed by atoms with Gasteiger partial charge in [0.2, 0.25) is 0 Å². The molecule has 1 saturated heterocycles. The predicted molar refractivity (Wildman–Crippen MR) is 137 cm³/mol. The van der Waals surface area contributed by atoms with Gasteiger partial charge in [0.05, 0.1) is 41.2 Å². The SMILES string of the molecule is CCS(=O)(=O)c1cccc(C(=O)N(CCN2CCOCC2)c2nc3cc(OC)ccc3s2)c1.Cl. The van der Waals surface area contributed by atoms with Gasteiger partial charge in [0.25, 0.3) is 5.91 Å². The molecule has 0 unspecified atom stereocenters. The van der Waals surface area contributed by atoms with Gasteiger partial charge in [-0.25, -0.2) is 13.4 Å². The fourth-order valence-electron chi connectivity index (χ4n) is 3.63. The number of hydrogen-bond acceptors (Lipinski definition) is 8. The maximum Gasteiger partial charge on any atom is 0.260 e. The van der Waals surface area contributed by atoms with Gasteiger partial charge in [-0.3, -0.25) is 14.6 Å². The van der Waals surface area contributed by atoms with Crippen LogP contribution in [0.15, 0.2) is 47.4 Å². The van der Waals surface area contributed by atoms with Crippen LogP contribution in [0.3, 0.4) is 0 Å². The van der Waals surface area contributed by atoms with Gasteiger partial charge in [-0.15, -0.1) is 12.4 Å². The van der Waals surface area contributed by atoms with Crippen molar-refractivity contribution in [2.45, 2.75) is 11.8 Å². The standard InChI is InChI=1S/C23H27N3O5S2.ClH/c1-3-33(28,29)19-6-4-5-17(15-19)22(27)26(10-9-25-11-13-31-14-12-25)23-24-20-16-18(30-2)7-8-21(20)32-23;/h4-8,15-16H,3,9-14H2,1-2H3;1H. The lowest BCUT2D eigenvalue weighted by Gasteiger charge is -2.29. The van der Waals surface area contributed by atoms with E-state index < -0.39 is 9.84 Å². The highest BCUT2D eigenvalue weighted by molar-refractivity contribution is 7.91. The fraction of sp³-hybridized carbons (Fsp3) is 0.391. The van der Waals surface area contributed by atoms with Crippen LogP contribution in [0, 0.1) is 0 Å². The number of amides is 1. The normalized spacial score (nSPS) is 14.5. The van der Waals surface area contributed by atoms with Gasteiger partial charge >= 0.3 is 0 Å². The van der Waals surface area contributed by atoms with Crippen LogP contribution in [-0.4, -0.2) is 76.5 Å². The number of ether oxygens (including phenoxy) is 2. The lowest BCUT2D eigenvalue weighted by atomic mass is 10.2. The molecule has 34 heavy (non-hydrogen) atoms. The second-order valence-electron chi connectivity index (χ2n) is 7.67. The van der Waals surface area contributed by atoms with Crippen LogP contribution >= 0.6 is 23.7 Å². The maximum atomic E-state index is 13.6. The van der Waals surface area contributed by atoms with Gasteiger partial charge in [-0.2, -0.15) is 0 Å². The summed E-state index contributed by atoms with van der Waals surface area (Å²) in [5, 5.41) is 0.570. The molecule has 2 aromatic carbocycles. The van der Waals surface area contributed by atoms with Gasteiger partial charge in [0.15, 0.2) is 15.0 Å². The summed E-state index contributed by atoms with van der Waals surface area (Å²) in [6.07, 6.45) is 0. The number of rotatable bonds is 8. The third kappa shape index (κ3) is 5.87. The topological polar surface area (TPSA) is 89.0 Å². The summed E-state index contributed by atoms with van der Waals surface area (Å²) >= 11 is 1.43. The maximum absolute atomic E-state index is 13.6. The molecule has 0 N–H and O–H groups in total. The van der Waals surface area contributed by atoms with Crippen LogP contribution < -0.4 is 9.64 Å². The highest BCUT2D eigenvalue weighted by Gasteiger charge is 2.24. The molecule has 1 amide bonds. The largest absolute Gasteiger partial charge is 0.497 e. The summed E-state index contributed by atoms with van der Waals surface area (Å²) in [4.78, 5) is 22.4. The van der Waals surface area contributed by atoms with E-state index in [0.29, 0.717) is 42.7 Å². The van der Waals surface area contributed by atoms with Gasteiger partial charge in [0, 0.05) is 37.8 Å². The number of sulfone groups is 1. The van der Waals surface area contributed by atoms with Crippen LogP contribution in [0.5, 0.6) is 5.75 Å². The quantitative estimate of drug-likeness (QED) is 0.444. The summed E-state index contributed by atoms with van der Waals surface area (Å²) < 4.78 is 36.4. The Balaban J connectivity index is 0.00000324. The second kappa shape index (κ2) is 11.5. The molecule has 184 valence electrons. The molecule has 0 radical (unpaired) electrons. The van der Waals surface area contributed by atoms with Crippen molar-refractivity contribution in [1.29, 1.82) is 0 Å². The van der Waals surface area contributed by atoms with Crippen LogP contribution in [0.2, 0.25) is 0 Å². The number of methoxy groups -OCH3 is 1. The highest BCUT2D eigenvalue weighted by Crippen LogP contribution is 2.32. The molecule has 1 aromatic heterocycles. The zero-order valence-corrected chi connectivity index (χ0v) is 21.5. The Morgan fingerprint density at radius 1 is 1.21 bits per heavy atom. The molecular weight excluding hydrogens is 498 g/mol. The van der Waals surface area contributed by atoms with Gasteiger partial charge in [0.1, 0.15) is 5.75 Å². The molecule has 3 aromatic rings. The van der Waals surface area contributed by atoms with Gasteiger partial charge in [-0.1, -0.05) is 24.3 Å². The van der Waals surface area contributed by atoms with Crippen LogP contribution in [0.1, 0.15) is 17.3 Å². The average molecular weight is 526 g/mol. The summed E-state index contributed by atoms with van der Waals surface area (Å²) in [7, 11) is -1.82. The molecule has 0 aliphatic carbocycles. The number of hydrogen-bond donors (Lipinski definition) is 0. The predicted octanol–water partition coefficient (Wildman–Crippen LogP) is 3.50. The summed E-state index contributed by atoms with van der Waals surface area (Å²) in [6, 6.07) is 11.9. The fourth-order valence-corrected chi connectivity index (χ4v) is 5.53. The van der Waals surface area contributed by atoms with Gasteiger partial charge < -0.3 is 9.47 Å². The molecule has 0 atom stereocenters. The molecule has 1 fully saturated rings. The van der Waals surface area contributed by atoms with Crippen molar-refractivity contribution in [2.75, 3.05) is 57.2 Å². The molecule has 4 rings (SSSR count). The van der Waals surface area contributed by atoms with E-state index in [1.54, 1.807) is 31.1 Å². The number of aromatic nitrogens is 1. The van der Waals surface area contributed by atoms with E-state index in [-0.39, 0.29) is 29.0 Å². The Morgan fingerprint density at radius 2 is 1.97 bits per heavy atom. The molecule has 2 heterocycles. The lowest BCUT2D eigenvalue weighted by Crippen LogP contribution is -2.43. The van der Waals surface area contributed by atoms with E-state index >= 15 is 0 Å². The van der Waals surface area contributed by atoms with Crippen molar-refractivity contribution in [3.05, 3.63) is 48.0 Å². The Hall–Kier alpha value is -2.24. The Morgan fingerprint density at radius 3 is 2.68 bits per heavy atom. The first kappa shape index (κ1) is 26.4. The number of fused-ring (bicyclic) bond motifs is 1. The van der Waals surface area contributed by atoms with E-state index in [1.807, 2.05) is 18.2 Å². The van der Waals surface area contributed by atoms with Crippen LogP contribution in [0.25, 0.3) is 10.2 Å². The van der Waals surface area contributed by atoms with Crippen molar-refractivity contribution >= 4 is 54.8 Å². The summed E-state index contributed by atoms with van der Waals surface area (Å²) in [6.45, 7) is 5.65. The molecule has 8 nitrogen and oxygen atoms in total. The zero-order valence-electron chi connectivity index (χ0n) is 19.1. The average Bonchev–Trinajstić information content (AvgIpc) is 3.27. The van der Waals surface area contributed by atoms with Crippen LogP contribution in [0.4, 0.5) is 5.13 Å². The van der Waals surface area contributed by atoms with E-state index in [1.165, 1.54) is 23.5 Å². The van der Waals surface area contributed by atoms with E-state index in [9.17, 15) is 13.2 Å². The minimum absolute atomic E-state index is 0. The van der Waals surface area contributed by atoms with Crippen molar-refractivity contribution < 1.29 is 22.7 Å². The van der Waals surface area contributed by atoms with Crippen molar-refractivity contribution in [1.82, 2.24) is 9.88 Å². The molecule has 0 spiro atoms. The minimum atomic E-state index is -3.42. The number of anilines is 1. The molecule has 11 heteroatoms. The first-order chi connectivity index (χ1) is 15.9. The molecule has 1 aliphatic rings. The monoisotopic (exact) mass is 525 g/mol. The number of benzene rings is 2. The van der Waals surface area contributed by atoms with E-state index in [4.69, 9.17) is 14.5 Å². The number of morpholine rings is 1. The molecular formula is C23H28ClN3O5S2. The smallest absolute Gasteiger partial charge is 0.260 e. The van der Waals surface area contributed by atoms with Crippen LogP contribution in [-0.2, 0) is 14.6 Å². The first-order valence-electron chi connectivity index (χ1n) is 10.8. The van der Waals surface area contributed by atoms with Crippen molar-refractivity contribution in [2.24, 2.45) is 0 Å². The number of thiazole rings is 1. The third-order valence-corrected chi connectivity index (χ3v) is 8.41. The van der Waals surface area contributed by atoms with E-state index in [0.717, 1.165) is 23.3 Å². The first-order valence-corrected chi connectivity index (χ1v) is 13.3. The molecule has 1 aliphatic heterocycles. The third-order valence-electron chi connectivity index (χ3n) is 5.62. The van der Waals surface area contributed by atoms with E-state index in [2.05, 4.69) is 4.90 Å². The number of nitrogens with zero attached hydrogens (tertiary/aromatic N) is 3. The number of carbonyl (C=O) groups excluding carboxylic acids is 1. The Labute approximate surface area is 209 Å². The number of carbonyl (C=O) groups is 1. The Kier molecular flexibility index (Phi) is 8.89. The molecule has 0 bridgehead atoms. The second-order valence-corrected chi connectivity index (χ2v) is 11.0. The lowest BCUT2D eigenvalue weighted by molar-refractivity contribution is 0.0391. The van der Waals surface area contributed by atoms with Crippen molar-refractivity contribution in [3.8, 4) is 5.75 Å². The van der Waals surface area contributed by atoms with Gasteiger partial charge in [-0.05, 0) is 30.3 Å². The van der Waals surface area contributed by atoms with Crippen molar-refractivity contribution in [3.63, 3.8) is 0 Å². The summed E-state index contributed by atoms with van der Waals surface area (Å²) in [5.74, 6) is 0.399. The molecule has 0 saturated carbocycles. The number of halogens is 1. The zero-order chi connectivity index (χ0) is 23.4. The summed E-state index contributed by atoms with van der Waals surface area (Å²) in [5.41, 5.74) is 1.07. The highest BCUT2D eigenvalue weighted by atomic mass is 35.5.